The molecule has 0 radical (unpaired) electrons. The summed E-state index contributed by atoms with van der Waals surface area (Å²) in [5.74, 6) is 2.20. The van der Waals surface area contributed by atoms with Crippen molar-refractivity contribution in [3.05, 3.63) is 47.3 Å². The molecular weight excluding hydrogens is 355 g/mol. The van der Waals surface area contributed by atoms with E-state index in [1.165, 1.54) is 23.7 Å². The van der Waals surface area contributed by atoms with Gasteiger partial charge in [-0.1, -0.05) is 12.1 Å². The first-order valence-electron chi connectivity index (χ1n) is 8.42. The normalized spacial score (nSPS) is 17.4. The van der Waals surface area contributed by atoms with Gasteiger partial charge in [0.05, 0.1) is 12.6 Å². The second-order valence-corrected chi connectivity index (χ2v) is 7.02. The van der Waals surface area contributed by atoms with Crippen LogP contribution in [0, 0.1) is 12.7 Å². The van der Waals surface area contributed by atoms with Crippen molar-refractivity contribution in [2.45, 2.75) is 33.0 Å². The maximum Gasteiger partial charge on any atom is 0.194 e. The zero-order chi connectivity index (χ0) is 18.1. The number of halogens is 1. The Kier molecular flexibility index (Phi) is 4.75. The first-order chi connectivity index (χ1) is 12.6. The number of benzene rings is 1. The number of fused-ring (bicyclic) bond motifs is 1. The van der Waals surface area contributed by atoms with Crippen LogP contribution in [0.4, 0.5) is 4.39 Å². The van der Waals surface area contributed by atoms with Crippen molar-refractivity contribution in [2.75, 3.05) is 13.3 Å². The van der Waals surface area contributed by atoms with Gasteiger partial charge in [0.25, 0.3) is 0 Å². The Morgan fingerprint density at radius 1 is 1.23 bits per heavy atom. The van der Waals surface area contributed by atoms with Gasteiger partial charge in [-0.3, -0.25) is 4.90 Å². The number of ether oxygens (including phenoxy) is 1. The lowest BCUT2D eigenvalue weighted by molar-refractivity contribution is -0.0128. The average Bonchev–Trinajstić information content (AvgIpc) is 3.25. The third-order valence-electron chi connectivity index (χ3n) is 4.47. The fraction of sp³-hybridized carbons (Fsp3) is 0.412. The second-order valence-electron chi connectivity index (χ2n) is 6.27. The van der Waals surface area contributed by atoms with E-state index < -0.39 is 0 Å². The number of aryl methyl sites for hydroxylation is 1. The van der Waals surface area contributed by atoms with Gasteiger partial charge in [0.15, 0.2) is 16.7 Å². The number of hydrogen-bond acceptors (Lipinski definition) is 7. The predicted octanol–water partition coefficient (Wildman–Crippen LogP) is 2.80. The molecule has 3 heterocycles. The van der Waals surface area contributed by atoms with Crippen molar-refractivity contribution in [1.82, 2.24) is 29.0 Å². The monoisotopic (exact) mass is 374 g/mol. The molecule has 0 saturated carbocycles. The summed E-state index contributed by atoms with van der Waals surface area (Å²) in [5, 5.41) is 9.48. The SMILES string of the molecule is Cc1nsc(-c2nnc3n2CCN(COCc2ccc(F)cc2)C3C)n1. The van der Waals surface area contributed by atoms with Crippen LogP contribution in [0.2, 0.25) is 0 Å². The Balaban J connectivity index is 1.41. The van der Waals surface area contributed by atoms with Gasteiger partial charge in [0.2, 0.25) is 0 Å². The van der Waals surface area contributed by atoms with Crippen molar-refractivity contribution in [1.29, 1.82) is 0 Å². The Morgan fingerprint density at radius 2 is 2.04 bits per heavy atom. The second kappa shape index (κ2) is 7.18. The molecule has 7 nitrogen and oxygen atoms in total. The van der Waals surface area contributed by atoms with E-state index in [9.17, 15) is 4.39 Å². The molecule has 0 aliphatic carbocycles. The van der Waals surface area contributed by atoms with Crippen LogP contribution in [0.1, 0.15) is 30.2 Å². The minimum atomic E-state index is -0.237. The Morgan fingerprint density at radius 3 is 2.77 bits per heavy atom. The third-order valence-corrected chi connectivity index (χ3v) is 5.27. The molecule has 1 aromatic carbocycles. The summed E-state index contributed by atoms with van der Waals surface area (Å²) in [7, 11) is 0. The van der Waals surface area contributed by atoms with Gasteiger partial charge < -0.3 is 9.30 Å². The molecule has 26 heavy (non-hydrogen) atoms. The fourth-order valence-electron chi connectivity index (χ4n) is 3.01. The molecular formula is C17H19FN6OS. The van der Waals surface area contributed by atoms with Crippen LogP contribution in [0.15, 0.2) is 24.3 Å². The number of aromatic nitrogens is 5. The van der Waals surface area contributed by atoms with Gasteiger partial charge in [-0.2, -0.15) is 4.37 Å². The molecule has 0 bridgehead atoms. The van der Waals surface area contributed by atoms with Gasteiger partial charge >= 0.3 is 0 Å². The quantitative estimate of drug-likeness (QED) is 0.684. The van der Waals surface area contributed by atoms with Crippen LogP contribution < -0.4 is 0 Å². The van der Waals surface area contributed by atoms with Gasteiger partial charge in [-0.15, -0.1) is 10.2 Å². The summed E-state index contributed by atoms with van der Waals surface area (Å²) < 4.78 is 25.1. The molecule has 1 unspecified atom stereocenters. The fourth-order valence-corrected chi connectivity index (χ4v) is 3.68. The largest absolute Gasteiger partial charge is 0.361 e. The van der Waals surface area contributed by atoms with E-state index in [-0.39, 0.29) is 11.9 Å². The van der Waals surface area contributed by atoms with E-state index in [0.717, 1.165) is 41.1 Å². The van der Waals surface area contributed by atoms with Crippen molar-refractivity contribution < 1.29 is 9.13 Å². The molecule has 0 fully saturated rings. The minimum absolute atomic E-state index is 0.0900. The van der Waals surface area contributed by atoms with Crippen molar-refractivity contribution in [2.24, 2.45) is 0 Å². The zero-order valence-corrected chi connectivity index (χ0v) is 15.4. The van der Waals surface area contributed by atoms with Crippen LogP contribution in [0.3, 0.4) is 0 Å². The Bertz CT molecular complexity index is 893. The lowest BCUT2D eigenvalue weighted by Crippen LogP contribution is -2.38. The topological polar surface area (TPSA) is 69.0 Å². The Labute approximate surface area is 154 Å². The van der Waals surface area contributed by atoms with Crippen LogP contribution in [-0.2, 0) is 17.9 Å². The molecule has 9 heteroatoms. The van der Waals surface area contributed by atoms with Crippen molar-refractivity contribution in [3.8, 4) is 10.8 Å². The zero-order valence-electron chi connectivity index (χ0n) is 14.6. The van der Waals surface area contributed by atoms with Crippen LogP contribution in [-0.4, -0.2) is 42.3 Å². The van der Waals surface area contributed by atoms with Gasteiger partial charge in [0.1, 0.15) is 18.4 Å². The van der Waals surface area contributed by atoms with Crippen LogP contribution >= 0.6 is 11.5 Å². The summed E-state index contributed by atoms with van der Waals surface area (Å²) in [4.78, 5) is 6.62. The molecule has 0 N–H and O–H groups in total. The highest BCUT2D eigenvalue weighted by Gasteiger charge is 2.29. The number of hydrogen-bond donors (Lipinski definition) is 0. The van der Waals surface area contributed by atoms with Gasteiger partial charge in [-0.05, 0) is 43.1 Å². The van der Waals surface area contributed by atoms with E-state index in [0.29, 0.717) is 13.3 Å². The van der Waals surface area contributed by atoms with E-state index in [2.05, 4.69) is 35.9 Å². The summed E-state index contributed by atoms with van der Waals surface area (Å²) in [6.45, 7) is 6.51. The molecule has 0 spiro atoms. The smallest absolute Gasteiger partial charge is 0.194 e. The third kappa shape index (κ3) is 3.37. The van der Waals surface area contributed by atoms with Crippen LogP contribution in [0.5, 0.6) is 0 Å². The number of nitrogens with zero attached hydrogens (tertiary/aromatic N) is 6. The highest BCUT2D eigenvalue weighted by molar-refractivity contribution is 7.09. The maximum atomic E-state index is 12.9. The van der Waals surface area contributed by atoms with E-state index in [1.807, 2.05) is 6.92 Å². The average molecular weight is 374 g/mol. The molecule has 4 rings (SSSR count). The highest BCUT2D eigenvalue weighted by Crippen LogP contribution is 2.28. The molecule has 1 aliphatic rings. The molecule has 2 aromatic heterocycles. The lowest BCUT2D eigenvalue weighted by atomic mass is 10.2. The first-order valence-corrected chi connectivity index (χ1v) is 9.19. The van der Waals surface area contributed by atoms with Crippen molar-refractivity contribution in [3.63, 3.8) is 0 Å². The molecule has 136 valence electrons. The standard InChI is InChI=1S/C17H19FN6OS/c1-11-15-20-21-16(17-19-12(2)22-26-17)24(15)8-7-23(11)10-25-9-13-3-5-14(18)6-4-13/h3-6,11H,7-10H2,1-2H3. The van der Waals surface area contributed by atoms with Gasteiger partial charge in [-0.25, -0.2) is 9.37 Å². The summed E-state index contributed by atoms with van der Waals surface area (Å²) in [5.41, 5.74) is 0.952. The highest BCUT2D eigenvalue weighted by atomic mass is 32.1. The summed E-state index contributed by atoms with van der Waals surface area (Å²) in [6, 6.07) is 6.46. The van der Waals surface area contributed by atoms with E-state index in [4.69, 9.17) is 4.74 Å². The molecule has 1 aliphatic heterocycles. The van der Waals surface area contributed by atoms with Gasteiger partial charge in [0, 0.05) is 13.1 Å². The lowest BCUT2D eigenvalue weighted by Gasteiger charge is -2.33. The molecule has 0 saturated heterocycles. The summed E-state index contributed by atoms with van der Waals surface area (Å²) in [6.07, 6.45) is 0. The minimum Gasteiger partial charge on any atom is -0.361 e. The number of rotatable bonds is 5. The van der Waals surface area contributed by atoms with Crippen molar-refractivity contribution >= 4 is 11.5 Å². The van der Waals surface area contributed by atoms with Crippen LogP contribution in [0.25, 0.3) is 10.8 Å². The van der Waals surface area contributed by atoms with E-state index in [1.54, 1.807) is 12.1 Å². The first kappa shape index (κ1) is 17.2. The Hall–Kier alpha value is -2.23. The molecule has 1 atom stereocenters. The molecule has 0 amide bonds. The summed E-state index contributed by atoms with van der Waals surface area (Å²) >= 11 is 1.35. The maximum absolute atomic E-state index is 12.9. The van der Waals surface area contributed by atoms with E-state index >= 15 is 0 Å². The molecule has 3 aromatic rings. The predicted molar refractivity (Wildman–Crippen MR) is 94.8 cm³/mol.